The zero-order chi connectivity index (χ0) is 20.4. The van der Waals surface area contributed by atoms with Gasteiger partial charge in [-0.2, -0.15) is 0 Å². The molecule has 28 heavy (non-hydrogen) atoms. The van der Waals surface area contributed by atoms with E-state index in [-0.39, 0.29) is 0 Å². The highest BCUT2D eigenvalue weighted by Gasteiger charge is 2.27. The van der Waals surface area contributed by atoms with Crippen LogP contribution in [0.2, 0.25) is 0 Å². The fourth-order valence-electron chi connectivity index (χ4n) is 4.24. The molecule has 0 aliphatic carbocycles. The molecule has 2 heterocycles. The molecule has 0 spiro atoms. The first-order valence-corrected chi connectivity index (χ1v) is 11.7. The molecule has 2 atom stereocenters. The number of rotatable bonds is 14. The van der Waals surface area contributed by atoms with Gasteiger partial charge in [-0.3, -0.25) is 10.4 Å². The topological polar surface area (TPSA) is 72.0 Å². The van der Waals surface area contributed by atoms with Crippen LogP contribution >= 0.6 is 0 Å². The second-order valence-electron chi connectivity index (χ2n) is 8.73. The highest BCUT2D eigenvalue weighted by atomic mass is 15.4. The third-order valence-electron chi connectivity index (χ3n) is 6.38. The van der Waals surface area contributed by atoms with E-state index in [0.29, 0.717) is 12.0 Å². The maximum atomic E-state index is 8.43. The van der Waals surface area contributed by atoms with Crippen LogP contribution in [0.25, 0.3) is 0 Å². The van der Waals surface area contributed by atoms with E-state index in [1.165, 1.54) is 44.9 Å². The van der Waals surface area contributed by atoms with E-state index in [9.17, 15) is 0 Å². The highest BCUT2D eigenvalue weighted by Crippen LogP contribution is 2.18. The first-order valence-electron chi connectivity index (χ1n) is 11.7. The number of nitrogens with zero attached hydrogens (tertiary/aromatic N) is 4. The Bertz CT molecular complexity index is 491. The number of hydrogen-bond acceptors (Lipinski definition) is 4. The molecule has 0 amide bonds. The molecule has 1 saturated heterocycles. The van der Waals surface area contributed by atoms with Crippen molar-refractivity contribution >= 4 is 11.9 Å². The summed E-state index contributed by atoms with van der Waals surface area (Å²) in [5.74, 6) is 2.16. The Morgan fingerprint density at radius 3 is 2.50 bits per heavy atom. The zero-order valence-corrected chi connectivity index (χ0v) is 18.6. The molecule has 6 heteroatoms. The van der Waals surface area contributed by atoms with E-state index in [1.54, 1.807) is 0 Å². The Balaban J connectivity index is 1.62. The van der Waals surface area contributed by atoms with Crippen molar-refractivity contribution in [2.45, 2.75) is 84.6 Å². The largest absolute Gasteiger partial charge is 0.370 e. The van der Waals surface area contributed by atoms with Crippen molar-refractivity contribution in [2.24, 2.45) is 16.6 Å². The summed E-state index contributed by atoms with van der Waals surface area (Å²) in [6.45, 7) is 12.8. The minimum atomic E-state index is 0.492. The SMILES string of the molecule is CCCCCCCN1C(N)=NC[C@@H]1CCCCN1CCN(CC(C)CC)C1=N. The first kappa shape index (κ1) is 22.8. The van der Waals surface area contributed by atoms with Crippen molar-refractivity contribution in [1.82, 2.24) is 14.7 Å². The van der Waals surface area contributed by atoms with Crippen LogP contribution < -0.4 is 5.73 Å². The van der Waals surface area contributed by atoms with Crippen LogP contribution in [0.1, 0.15) is 78.6 Å². The fourth-order valence-corrected chi connectivity index (χ4v) is 4.24. The predicted molar refractivity (Wildman–Crippen MR) is 120 cm³/mol. The minimum absolute atomic E-state index is 0.492. The van der Waals surface area contributed by atoms with Crippen molar-refractivity contribution in [3.8, 4) is 0 Å². The van der Waals surface area contributed by atoms with E-state index >= 15 is 0 Å². The van der Waals surface area contributed by atoms with Crippen LogP contribution in [-0.4, -0.2) is 71.9 Å². The van der Waals surface area contributed by atoms with Gasteiger partial charge in [-0.1, -0.05) is 52.9 Å². The Kier molecular flexibility index (Phi) is 9.93. The van der Waals surface area contributed by atoms with Crippen molar-refractivity contribution in [2.75, 3.05) is 39.3 Å². The maximum Gasteiger partial charge on any atom is 0.193 e. The Labute approximate surface area is 173 Å². The van der Waals surface area contributed by atoms with Crippen molar-refractivity contribution in [3.05, 3.63) is 0 Å². The van der Waals surface area contributed by atoms with Crippen LogP contribution in [0, 0.1) is 11.3 Å². The lowest BCUT2D eigenvalue weighted by Crippen LogP contribution is -2.41. The van der Waals surface area contributed by atoms with Crippen LogP contribution in [0.15, 0.2) is 4.99 Å². The van der Waals surface area contributed by atoms with Gasteiger partial charge in [-0.25, -0.2) is 0 Å². The number of nitrogens with one attached hydrogen (secondary N) is 1. The quantitative estimate of drug-likeness (QED) is 0.442. The Morgan fingerprint density at radius 1 is 1.04 bits per heavy atom. The van der Waals surface area contributed by atoms with Crippen molar-refractivity contribution in [1.29, 1.82) is 5.41 Å². The molecule has 2 aliphatic heterocycles. The summed E-state index contributed by atoms with van der Waals surface area (Å²) in [7, 11) is 0. The van der Waals surface area contributed by atoms with Crippen molar-refractivity contribution in [3.63, 3.8) is 0 Å². The summed E-state index contributed by atoms with van der Waals surface area (Å²) < 4.78 is 0. The van der Waals surface area contributed by atoms with E-state index in [0.717, 1.165) is 64.0 Å². The molecule has 2 aliphatic rings. The number of hydrogen-bond donors (Lipinski definition) is 2. The third kappa shape index (κ3) is 6.85. The van der Waals surface area contributed by atoms with Gasteiger partial charge in [0.2, 0.25) is 0 Å². The van der Waals surface area contributed by atoms with Gasteiger partial charge in [0.25, 0.3) is 0 Å². The minimum Gasteiger partial charge on any atom is -0.370 e. The van der Waals surface area contributed by atoms with Crippen LogP contribution in [0.5, 0.6) is 0 Å². The zero-order valence-electron chi connectivity index (χ0n) is 18.6. The number of guanidine groups is 2. The Morgan fingerprint density at radius 2 is 1.75 bits per heavy atom. The lowest BCUT2D eigenvalue weighted by molar-refractivity contribution is 0.304. The predicted octanol–water partition coefficient (Wildman–Crippen LogP) is 3.72. The van der Waals surface area contributed by atoms with Gasteiger partial charge in [0.15, 0.2) is 11.9 Å². The number of unbranched alkanes of at least 4 members (excludes halogenated alkanes) is 5. The molecule has 162 valence electrons. The molecule has 0 radical (unpaired) electrons. The van der Waals surface area contributed by atoms with E-state index < -0.39 is 0 Å². The van der Waals surface area contributed by atoms with Gasteiger partial charge >= 0.3 is 0 Å². The number of aliphatic imine (C=N–C) groups is 1. The summed E-state index contributed by atoms with van der Waals surface area (Å²) in [6, 6.07) is 0.492. The molecular weight excluding hydrogens is 348 g/mol. The summed E-state index contributed by atoms with van der Waals surface area (Å²) in [5, 5.41) is 8.43. The monoisotopic (exact) mass is 392 g/mol. The van der Waals surface area contributed by atoms with E-state index in [1.807, 2.05) is 0 Å². The van der Waals surface area contributed by atoms with Gasteiger partial charge < -0.3 is 20.4 Å². The summed E-state index contributed by atoms with van der Waals surface area (Å²) >= 11 is 0. The number of nitrogens with two attached hydrogens (primary N) is 1. The smallest absolute Gasteiger partial charge is 0.193 e. The maximum absolute atomic E-state index is 8.43. The first-order chi connectivity index (χ1) is 13.6. The molecule has 0 aromatic carbocycles. The lowest BCUT2D eigenvalue weighted by atomic mass is 10.1. The Hall–Kier alpha value is -1.46. The summed E-state index contributed by atoms with van der Waals surface area (Å²) in [5.41, 5.74) is 6.13. The summed E-state index contributed by atoms with van der Waals surface area (Å²) in [6.07, 6.45) is 11.2. The molecule has 0 saturated carbocycles. The van der Waals surface area contributed by atoms with Crippen LogP contribution in [-0.2, 0) is 0 Å². The normalized spacial score (nSPS) is 21.0. The van der Waals surface area contributed by atoms with Crippen LogP contribution in [0.4, 0.5) is 0 Å². The van der Waals surface area contributed by atoms with Gasteiger partial charge in [-0.15, -0.1) is 0 Å². The molecule has 1 unspecified atom stereocenters. The average molecular weight is 393 g/mol. The van der Waals surface area contributed by atoms with E-state index in [2.05, 4.69) is 40.5 Å². The van der Waals surface area contributed by atoms with Gasteiger partial charge in [-0.05, 0) is 31.6 Å². The van der Waals surface area contributed by atoms with Gasteiger partial charge in [0, 0.05) is 32.7 Å². The van der Waals surface area contributed by atoms with Gasteiger partial charge in [0.1, 0.15) is 0 Å². The molecule has 0 aromatic heterocycles. The van der Waals surface area contributed by atoms with Crippen molar-refractivity contribution < 1.29 is 0 Å². The van der Waals surface area contributed by atoms with Crippen LogP contribution in [0.3, 0.4) is 0 Å². The second kappa shape index (κ2) is 12.2. The molecule has 3 N–H and O–H groups in total. The molecule has 2 rings (SSSR count). The molecular formula is C22H44N6. The average Bonchev–Trinajstić information content (AvgIpc) is 3.22. The summed E-state index contributed by atoms with van der Waals surface area (Å²) in [4.78, 5) is 11.3. The van der Waals surface area contributed by atoms with E-state index in [4.69, 9.17) is 11.1 Å². The van der Waals surface area contributed by atoms with Gasteiger partial charge in [0.05, 0.1) is 12.6 Å². The second-order valence-corrected chi connectivity index (χ2v) is 8.73. The highest BCUT2D eigenvalue weighted by molar-refractivity contribution is 5.80. The third-order valence-corrected chi connectivity index (χ3v) is 6.38. The molecule has 1 fully saturated rings. The molecule has 6 nitrogen and oxygen atoms in total. The lowest BCUT2D eigenvalue weighted by Gasteiger charge is -2.27. The molecule has 0 aromatic rings. The molecule has 0 bridgehead atoms. The standard InChI is InChI=1S/C22H44N6/c1-4-6-7-8-10-14-28-20(17-25-21(28)23)12-9-11-13-26-15-16-27(22(26)24)18-19(3)5-2/h19-20,24H,4-18H2,1-3H3,(H2,23,25)/t19?,20-/m0/s1. The fraction of sp³-hybridized carbons (Fsp3) is 0.909.